The molecular weight excluding hydrogens is 319 g/mol. The number of carbonyl (C=O) groups is 2. The van der Waals surface area contributed by atoms with Crippen LogP contribution < -0.4 is 9.68 Å². The first-order valence-corrected chi connectivity index (χ1v) is 6.71. The number of hydrogen-bond acceptors (Lipinski definition) is 6. The van der Waals surface area contributed by atoms with Gasteiger partial charge in [-0.1, -0.05) is 0 Å². The van der Waals surface area contributed by atoms with Crippen molar-refractivity contribution in [2.24, 2.45) is 8.32 Å². The molecule has 6 nitrogen and oxygen atoms in total. The summed E-state index contributed by atoms with van der Waals surface area (Å²) in [5.41, 5.74) is 0.783. The molecule has 0 bridgehead atoms. The van der Waals surface area contributed by atoms with Gasteiger partial charge in [-0.25, -0.2) is 0 Å². The first kappa shape index (κ1) is 14.9. The molecule has 2 rings (SSSR count). The molecule has 0 aliphatic carbocycles. The Balaban J connectivity index is 2.01. The third-order valence-corrected chi connectivity index (χ3v) is 2.76. The third kappa shape index (κ3) is 4.23. The fraction of sp³-hybridized carbons (Fsp3) is 0. The molecule has 0 saturated heterocycles. The van der Waals surface area contributed by atoms with Gasteiger partial charge in [0.05, 0.1) is 0 Å². The normalized spacial score (nSPS) is 9.52. The average Bonchev–Trinajstić information content (AvgIpc) is 2.55. The molecule has 0 heterocycles. The van der Waals surface area contributed by atoms with Crippen LogP contribution in [0.1, 0.15) is 20.7 Å². The summed E-state index contributed by atoms with van der Waals surface area (Å²) < 4.78 is 7.30. The summed E-state index contributed by atoms with van der Waals surface area (Å²) in [4.78, 5) is 31.7. The van der Waals surface area contributed by atoms with E-state index in [1.165, 1.54) is 0 Å². The first-order valence-electron chi connectivity index (χ1n) is 5.77. The number of rotatable bonds is 6. The Morgan fingerprint density at radius 1 is 0.762 bits per heavy atom. The summed E-state index contributed by atoms with van der Waals surface area (Å²) in [6.45, 7) is 0. The van der Waals surface area contributed by atoms with Gasteiger partial charge in [0.1, 0.15) is 0 Å². The van der Waals surface area contributed by atoms with Crippen molar-refractivity contribution in [1.29, 1.82) is 0 Å². The van der Waals surface area contributed by atoms with E-state index in [1.54, 1.807) is 48.5 Å². The second kappa shape index (κ2) is 7.93. The van der Waals surface area contributed by atoms with Crippen molar-refractivity contribution in [3.05, 3.63) is 59.7 Å². The van der Waals surface area contributed by atoms with Crippen molar-refractivity contribution >= 4 is 12.6 Å². The molecule has 0 aliphatic heterocycles. The zero-order valence-electron chi connectivity index (χ0n) is 10.6. The second-order valence-corrected chi connectivity index (χ2v) is 4.27. The van der Waals surface area contributed by atoms with E-state index in [0.29, 0.717) is 35.2 Å². The Bertz CT molecular complexity index is 654. The number of hydrogen-bond donors (Lipinski definition) is 0. The van der Waals surface area contributed by atoms with Gasteiger partial charge in [-0.15, -0.1) is 0 Å². The Morgan fingerprint density at radius 3 is 1.62 bits per heavy atom. The zero-order valence-corrected chi connectivity index (χ0v) is 11.7. The molecule has 109 valence electrons. The molecule has 0 aromatic heterocycles. The van der Waals surface area contributed by atoms with Gasteiger partial charge < -0.3 is 0 Å². The molecule has 0 atom stereocenters. The van der Waals surface area contributed by atoms with E-state index in [-0.39, 0.29) is 14.3 Å². The summed E-state index contributed by atoms with van der Waals surface area (Å²) in [6, 6.07) is 13.3. The van der Waals surface area contributed by atoms with Gasteiger partial charge in [-0.3, -0.25) is 0 Å². The average molecular weight is 329 g/mol. The molecule has 0 radical (unpaired) electrons. The van der Waals surface area contributed by atoms with Crippen LogP contribution in [-0.4, -0.2) is 12.6 Å². The van der Waals surface area contributed by atoms with E-state index in [9.17, 15) is 9.59 Å². The summed E-state index contributed by atoms with van der Waals surface area (Å²) in [5.74, 6) is 0.671. The standard InChI is InChI=1S/2C7H5NO2.Co/c2*8-10-7-4-2-1-3-6(7)5-9;/h2*1-5H;. The van der Waals surface area contributed by atoms with Crippen molar-refractivity contribution in [3.8, 4) is 11.5 Å². The SMILES string of the molecule is O=Cc1ccccc1O[N]=[Co]=[N]Oc1ccccc1C=O. The fourth-order valence-corrected chi connectivity index (χ4v) is 1.75. The van der Waals surface area contributed by atoms with Gasteiger partial charge in [0.2, 0.25) is 0 Å². The number of nitrogens with zero attached hydrogens (tertiary/aromatic N) is 2. The molecule has 2 aromatic carbocycles. The zero-order chi connectivity index (χ0) is 14.9. The van der Waals surface area contributed by atoms with Crippen LogP contribution in [0.25, 0.3) is 0 Å². The van der Waals surface area contributed by atoms with Crippen LogP contribution in [0.3, 0.4) is 0 Å². The van der Waals surface area contributed by atoms with Crippen molar-refractivity contribution in [2.45, 2.75) is 0 Å². The van der Waals surface area contributed by atoms with Crippen LogP contribution in [0.15, 0.2) is 56.8 Å². The maximum atomic E-state index is 10.8. The Kier molecular flexibility index (Phi) is 5.62. The van der Waals surface area contributed by atoms with Gasteiger partial charge in [0.15, 0.2) is 0 Å². The van der Waals surface area contributed by atoms with Crippen LogP contribution in [-0.2, 0) is 14.3 Å². The Hall–Kier alpha value is -2.51. The first-order chi connectivity index (χ1) is 10.3. The summed E-state index contributed by atoms with van der Waals surface area (Å²) in [6.07, 6.45) is 1.35. The quantitative estimate of drug-likeness (QED) is 0.603. The molecule has 0 fully saturated rings. The van der Waals surface area contributed by atoms with Gasteiger partial charge >= 0.3 is 126 Å². The van der Waals surface area contributed by atoms with E-state index in [1.807, 2.05) is 0 Å². The summed E-state index contributed by atoms with van der Waals surface area (Å²) in [5, 5.41) is 0. The van der Waals surface area contributed by atoms with Crippen molar-refractivity contribution < 1.29 is 33.6 Å². The molecule has 2 aromatic rings. The summed E-state index contributed by atoms with van der Waals surface area (Å²) in [7, 11) is 0. The molecule has 0 saturated carbocycles. The molecule has 0 N–H and O–H groups in total. The van der Waals surface area contributed by atoms with Gasteiger partial charge in [-0.2, -0.15) is 0 Å². The van der Waals surface area contributed by atoms with Crippen LogP contribution in [0.2, 0.25) is 0 Å². The van der Waals surface area contributed by atoms with E-state index >= 15 is 0 Å². The Labute approximate surface area is 126 Å². The number of benzene rings is 2. The van der Waals surface area contributed by atoms with Crippen LogP contribution in [0.4, 0.5) is 0 Å². The van der Waals surface area contributed by atoms with E-state index in [0.717, 1.165) is 0 Å². The minimum absolute atomic E-state index is 0.185. The van der Waals surface area contributed by atoms with Gasteiger partial charge in [0, 0.05) is 0 Å². The van der Waals surface area contributed by atoms with E-state index in [4.69, 9.17) is 9.68 Å². The van der Waals surface area contributed by atoms with Gasteiger partial charge in [0.25, 0.3) is 0 Å². The van der Waals surface area contributed by atoms with Crippen LogP contribution in [0.5, 0.6) is 11.5 Å². The molecule has 21 heavy (non-hydrogen) atoms. The monoisotopic (exact) mass is 329 g/mol. The molecule has 0 aliphatic rings. The topological polar surface area (TPSA) is 77.3 Å². The van der Waals surface area contributed by atoms with E-state index < -0.39 is 0 Å². The predicted octanol–water partition coefficient (Wildman–Crippen LogP) is 3.05. The van der Waals surface area contributed by atoms with Gasteiger partial charge in [-0.05, 0) is 0 Å². The van der Waals surface area contributed by atoms with Crippen molar-refractivity contribution in [3.63, 3.8) is 0 Å². The Morgan fingerprint density at radius 2 is 1.19 bits per heavy atom. The molecule has 0 amide bonds. The third-order valence-electron chi connectivity index (χ3n) is 2.40. The van der Waals surface area contributed by atoms with Crippen molar-refractivity contribution in [2.75, 3.05) is 0 Å². The number of carbonyl (C=O) groups excluding carboxylic acids is 2. The molecule has 0 unspecified atom stereocenters. The van der Waals surface area contributed by atoms with E-state index in [2.05, 4.69) is 8.32 Å². The van der Waals surface area contributed by atoms with Crippen molar-refractivity contribution in [1.82, 2.24) is 0 Å². The summed E-state index contributed by atoms with van der Waals surface area (Å²) >= 11 is 0.185. The maximum absolute atomic E-state index is 10.8. The minimum atomic E-state index is 0.185. The fourth-order valence-electron chi connectivity index (χ4n) is 1.43. The predicted molar refractivity (Wildman–Crippen MR) is 69.8 cm³/mol. The number of para-hydroxylation sites is 2. The molecule has 7 heteroatoms. The number of aldehydes is 2. The second-order valence-electron chi connectivity index (χ2n) is 3.68. The van der Waals surface area contributed by atoms with Crippen LogP contribution >= 0.6 is 0 Å². The molecule has 0 spiro atoms. The molecular formula is C14H10CoN2O4. The van der Waals surface area contributed by atoms with Crippen LogP contribution in [0, 0.1) is 0 Å².